The van der Waals surface area contributed by atoms with Crippen molar-refractivity contribution in [1.82, 2.24) is 4.90 Å². The number of rotatable bonds is 5. The molecular formula is C15H23FN2O. The lowest BCUT2D eigenvalue weighted by Gasteiger charge is -2.32. The van der Waals surface area contributed by atoms with E-state index in [1.807, 2.05) is 6.07 Å². The third kappa shape index (κ3) is 4.48. The van der Waals surface area contributed by atoms with E-state index in [0.29, 0.717) is 11.8 Å². The van der Waals surface area contributed by atoms with Gasteiger partial charge in [0.1, 0.15) is 5.82 Å². The van der Waals surface area contributed by atoms with Gasteiger partial charge in [-0.2, -0.15) is 0 Å². The van der Waals surface area contributed by atoms with Crippen molar-refractivity contribution in [3.05, 3.63) is 29.6 Å². The van der Waals surface area contributed by atoms with Gasteiger partial charge in [-0.1, -0.05) is 6.92 Å². The van der Waals surface area contributed by atoms with E-state index in [-0.39, 0.29) is 5.82 Å². The number of piperidine rings is 1. The van der Waals surface area contributed by atoms with Crippen LogP contribution in [0.25, 0.3) is 0 Å². The highest BCUT2D eigenvalue weighted by Crippen LogP contribution is 2.18. The van der Waals surface area contributed by atoms with E-state index in [9.17, 15) is 4.39 Å². The van der Waals surface area contributed by atoms with Crippen LogP contribution in [0, 0.1) is 5.82 Å². The van der Waals surface area contributed by atoms with Crippen LogP contribution in [0.1, 0.15) is 31.7 Å². The Bertz CT molecular complexity index is 391. The number of hydrogen-bond acceptors (Lipinski definition) is 3. The molecule has 3 nitrogen and oxygen atoms in total. The quantitative estimate of drug-likeness (QED) is 0.833. The molecule has 0 spiro atoms. The van der Waals surface area contributed by atoms with E-state index in [1.54, 1.807) is 6.07 Å². The van der Waals surface area contributed by atoms with Crippen LogP contribution in [0.2, 0.25) is 0 Å². The Kier molecular flexibility index (Phi) is 5.16. The first-order valence-corrected chi connectivity index (χ1v) is 7.06. The number of benzene rings is 1. The van der Waals surface area contributed by atoms with Crippen LogP contribution in [0.15, 0.2) is 18.2 Å². The van der Waals surface area contributed by atoms with Gasteiger partial charge in [0.2, 0.25) is 0 Å². The van der Waals surface area contributed by atoms with E-state index in [4.69, 9.17) is 10.5 Å². The summed E-state index contributed by atoms with van der Waals surface area (Å²) >= 11 is 0. The van der Waals surface area contributed by atoms with Crippen LogP contribution in [0.5, 0.6) is 0 Å². The highest BCUT2D eigenvalue weighted by molar-refractivity contribution is 5.41. The number of ether oxygens (including phenoxy) is 1. The van der Waals surface area contributed by atoms with Gasteiger partial charge < -0.3 is 10.5 Å². The summed E-state index contributed by atoms with van der Waals surface area (Å²) in [5.74, 6) is -0.259. The third-order valence-electron chi connectivity index (χ3n) is 3.41. The summed E-state index contributed by atoms with van der Waals surface area (Å²) in [7, 11) is 0. The van der Waals surface area contributed by atoms with Crippen molar-refractivity contribution in [3.8, 4) is 0 Å². The van der Waals surface area contributed by atoms with E-state index in [1.165, 1.54) is 6.07 Å². The molecule has 1 aliphatic heterocycles. The molecule has 1 aromatic rings. The fourth-order valence-electron chi connectivity index (χ4n) is 2.60. The van der Waals surface area contributed by atoms with Gasteiger partial charge in [0.25, 0.3) is 0 Å². The molecular weight excluding hydrogens is 243 g/mol. The highest BCUT2D eigenvalue weighted by Gasteiger charge is 2.20. The Morgan fingerprint density at radius 2 is 2.26 bits per heavy atom. The largest absolute Gasteiger partial charge is 0.399 e. The molecule has 1 aromatic carbocycles. The zero-order valence-electron chi connectivity index (χ0n) is 11.6. The second kappa shape index (κ2) is 6.87. The molecule has 2 rings (SSSR count). The average molecular weight is 266 g/mol. The predicted molar refractivity (Wildman–Crippen MR) is 75.4 cm³/mol. The van der Waals surface area contributed by atoms with Crippen LogP contribution in [0.4, 0.5) is 10.1 Å². The number of nitrogens with two attached hydrogens (primary N) is 1. The summed E-state index contributed by atoms with van der Waals surface area (Å²) in [5, 5.41) is 0. The molecule has 0 aliphatic carbocycles. The van der Waals surface area contributed by atoms with Gasteiger partial charge in [-0.25, -0.2) is 4.39 Å². The average Bonchev–Trinajstić information content (AvgIpc) is 2.35. The van der Waals surface area contributed by atoms with Crippen molar-refractivity contribution in [2.45, 2.75) is 38.8 Å². The van der Waals surface area contributed by atoms with Crippen LogP contribution in [-0.4, -0.2) is 30.7 Å². The molecule has 1 atom stereocenters. The monoisotopic (exact) mass is 266 g/mol. The van der Waals surface area contributed by atoms with Crippen LogP contribution < -0.4 is 5.73 Å². The second-order valence-corrected chi connectivity index (χ2v) is 5.26. The minimum absolute atomic E-state index is 0.259. The molecule has 0 amide bonds. The fourth-order valence-corrected chi connectivity index (χ4v) is 2.60. The molecule has 1 heterocycles. The zero-order chi connectivity index (χ0) is 13.7. The van der Waals surface area contributed by atoms with Crippen LogP contribution in [0.3, 0.4) is 0 Å². The van der Waals surface area contributed by atoms with E-state index in [2.05, 4.69) is 11.8 Å². The first-order chi connectivity index (χ1) is 9.17. The maximum Gasteiger partial charge on any atom is 0.125 e. The van der Waals surface area contributed by atoms with Gasteiger partial charge in [-0.15, -0.1) is 0 Å². The third-order valence-corrected chi connectivity index (χ3v) is 3.41. The summed E-state index contributed by atoms with van der Waals surface area (Å²) in [6.45, 7) is 5.66. The minimum Gasteiger partial charge on any atom is -0.399 e. The SMILES string of the molecule is CCCOC1CCCN(Cc2cc(N)cc(F)c2)C1. The summed E-state index contributed by atoms with van der Waals surface area (Å²) in [6.07, 6.45) is 3.64. The molecule has 1 fully saturated rings. The van der Waals surface area contributed by atoms with E-state index < -0.39 is 0 Å². The number of anilines is 1. The van der Waals surface area contributed by atoms with Gasteiger partial charge in [0.05, 0.1) is 6.10 Å². The van der Waals surface area contributed by atoms with E-state index in [0.717, 1.165) is 51.1 Å². The lowest BCUT2D eigenvalue weighted by molar-refractivity contribution is -0.00223. The number of likely N-dealkylation sites (tertiary alicyclic amines) is 1. The molecule has 19 heavy (non-hydrogen) atoms. The summed E-state index contributed by atoms with van der Waals surface area (Å²) < 4.78 is 19.1. The first kappa shape index (κ1) is 14.3. The lowest BCUT2D eigenvalue weighted by Crippen LogP contribution is -2.39. The van der Waals surface area contributed by atoms with Gasteiger partial charge in [-0.3, -0.25) is 4.90 Å². The molecule has 0 aromatic heterocycles. The Morgan fingerprint density at radius 1 is 1.42 bits per heavy atom. The second-order valence-electron chi connectivity index (χ2n) is 5.26. The maximum absolute atomic E-state index is 13.3. The highest BCUT2D eigenvalue weighted by atomic mass is 19.1. The molecule has 2 N–H and O–H groups in total. The van der Waals surface area contributed by atoms with Crippen molar-refractivity contribution in [3.63, 3.8) is 0 Å². The summed E-state index contributed by atoms with van der Waals surface area (Å²) in [4.78, 5) is 2.32. The summed E-state index contributed by atoms with van der Waals surface area (Å²) in [6, 6.07) is 4.76. The maximum atomic E-state index is 13.3. The van der Waals surface area contributed by atoms with Crippen LogP contribution >= 0.6 is 0 Å². The van der Waals surface area contributed by atoms with Crippen molar-refractivity contribution < 1.29 is 9.13 Å². The molecule has 4 heteroatoms. The standard InChI is InChI=1S/C15H23FN2O/c1-2-6-19-15-4-3-5-18(11-15)10-12-7-13(16)9-14(17)8-12/h7-9,15H,2-6,10-11,17H2,1H3. The zero-order valence-corrected chi connectivity index (χ0v) is 11.6. The Labute approximate surface area is 114 Å². The Hall–Kier alpha value is -1.13. The van der Waals surface area contributed by atoms with Gasteiger partial charge in [0.15, 0.2) is 0 Å². The molecule has 0 saturated carbocycles. The predicted octanol–water partition coefficient (Wildman–Crippen LogP) is 2.80. The van der Waals surface area contributed by atoms with Crippen molar-refractivity contribution in [2.24, 2.45) is 0 Å². The topological polar surface area (TPSA) is 38.5 Å². The first-order valence-electron chi connectivity index (χ1n) is 7.06. The van der Waals surface area contributed by atoms with Gasteiger partial charge in [-0.05, 0) is 49.6 Å². The van der Waals surface area contributed by atoms with Crippen molar-refractivity contribution in [1.29, 1.82) is 0 Å². The Balaban J connectivity index is 1.91. The van der Waals surface area contributed by atoms with Gasteiger partial charge >= 0.3 is 0 Å². The molecule has 1 saturated heterocycles. The number of nitrogens with zero attached hydrogens (tertiary/aromatic N) is 1. The van der Waals surface area contributed by atoms with Crippen molar-refractivity contribution >= 4 is 5.69 Å². The van der Waals surface area contributed by atoms with Crippen molar-refractivity contribution in [2.75, 3.05) is 25.4 Å². The van der Waals surface area contributed by atoms with Gasteiger partial charge in [0, 0.05) is 25.4 Å². The lowest BCUT2D eigenvalue weighted by atomic mass is 10.1. The molecule has 0 radical (unpaired) electrons. The molecule has 0 bridgehead atoms. The summed E-state index contributed by atoms with van der Waals surface area (Å²) in [5.41, 5.74) is 7.10. The normalized spacial score (nSPS) is 20.6. The fraction of sp³-hybridized carbons (Fsp3) is 0.600. The Morgan fingerprint density at radius 3 is 3.00 bits per heavy atom. The number of nitrogen functional groups attached to an aromatic ring is 1. The number of halogens is 1. The molecule has 106 valence electrons. The molecule has 1 aliphatic rings. The van der Waals surface area contributed by atoms with Crippen LogP contribution in [-0.2, 0) is 11.3 Å². The minimum atomic E-state index is -0.259. The number of hydrogen-bond donors (Lipinski definition) is 1. The molecule has 1 unspecified atom stereocenters. The van der Waals surface area contributed by atoms with E-state index >= 15 is 0 Å². The smallest absolute Gasteiger partial charge is 0.125 e.